The monoisotopic (exact) mass is 420 g/mol. The molecule has 0 bridgehead atoms. The molecule has 8 heteroatoms. The van der Waals surface area contributed by atoms with Crippen LogP contribution in [0.1, 0.15) is 29.9 Å². The Kier molecular flexibility index (Phi) is 7.16. The molecule has 160 valence electrons. The Bertz CT molecular complexity index is 1090. The number of aryl methyl sites for hydroxylation is 1. The lowest BCUT2D eigenvalue weighted by Gasteiger charge is -2.10. The number of ether oxygens (including phenoxy) is 2. The van der Waals surface area contributed by atoms with Crippen molar-refractivity contribution in [2.75, 3.05) is 18.5 Å². The molecule has 0 saturated heterocycles. The minimum Gasteiger partial charge on any atom is -0.478 e. The van der Waals surface area contributed by atoms with Gasteiger partial charge >= 0.3 is 5.97 Å². The molecule has 0 radical (unpaired) electrons. The minimum atomic E-state index is -0.705. The van der Waals surface area contributed by atoms with E-state index in [1.165, 1.54) is 6.20 Å². The van der Waals surface area contributed by atoms with Crippen LogP contribution in [-0.4, -0.2) is 39.7 Å². The number of hydrogen-bond acceptors (Lipinski definition) is 7. The summed E-state index contributed by atoms with van der Waals surface area (Å²) in [5, 5.41) is 7.46. The second-order valence-electron chi connectivity index (χ2n) is 6.47. The van der Waals surface area contributed by atoms with Gasteiger partial charge in [0.2, 0.25) is 11.7 Å². The first kappa shape index (κ1) is 21.8. The zero-order valence-electron chi connectivity index (χ0n) is 17.7. The largest absolute Gasteiger partial charge is 0.478 e. The number of nitrogens with one attached hydrogen (secondary N) is 1. The molecule has 0 amide bonds. The molecule has 8 nitrogen and oxygen atoms in total. The van der Waals surface area contributed by atoms with E-state index in [4.69, 9.17) is 9.47 Å². The normalized spacial score (nSPS) is 11.1. The maximum Gasteiger partial charge on any atom is 0.343 e. The summed E-state index contributed by atoms with van der Waals surface area (Å²) in [5.74, 6) is 0.387. The summed E-state index contributed by atoms with van der Waals surface area (Å²) in [4.78, 5) is 29.8. The van der Waals surface area contributed by atoms with Crippen molar-refractivity contribution < 1.29 is 19.1 Å². The number of benzene rings is 1. The smallest absolute Gasteiger partial charge is 0.343 e. The molecule has 0 fully saturated rings. The molecule has 3 rings (SSSR count). The van der Waals surface area contributed by atoms with Gasteiger partial charge in [0.1, 0.15) is 11.4 Å². The minimum absolute atomic E-state index is 0.116. The number of carbonyl (C=O) groups is 2. The van der Waals surface area contributed by atoms with Crippen molar-refractivity contribution in [1.82, 2.24) is 14.8 Å². The Hall–Kier alpha value is -3.94. The molecule has 0 spiro atoms. The average Bonchev–Trinajstić information content (AvgIpc) is 3.15. The summed E-state index contributed by atoms with van der Waals surface area (Å²) >= 11 is 0. The summed E-state index contributed by atoms with van der Waals surface area (Å²) in [7, 11) is 0. The average molecular weight is 420 g/mol. The summed E-state index contributed by atoms with van der Waals surface area (Å²) in [6.07, 6.45) is 1.34. The predicted octanol–water partition coefficient (Wildman–Crippen LogP) is 3.72. The second-order valence-corrected chi connectivity index (χ2v) is 6.47. The molecule has 0 saturated carbocycles. The highest BCUT2D eigenvalue weighted by Crippen LogP contribution is 2.19. The van der Waals surface area contributed by atoms with E-state index in [0.717, 1.165) is 5.69 Å². The third kappa shape index (κ3) is 5.36. The zero-order valence-corrected chi connectivity index (χ0v) is 17.7. The standard InChI is InChI=1S/C23H24N4O4/c1-4-30-21-13-9-12-19(25-21)27-20(14-16(3)26-27)24-15-18(23(29)31-5-2)22(28)17-10-7-6-8-11-17/h6-15,24H,4-5H2,1-3H3/b18-15-. The third-order valence-corrected chi connectivity index (χ3v) is 4.19. The van der Waals surface area contributed by atoms with Crippen LogP contribution in [-0.2, 0) is 9.53 Å². The first-order valence-corrected chi connectivity index (χ1v) is 9.94. The zero-order chi connectivity index (χ0) is 22.2. The number of carbonyl (C=O) groups excluding carboxylic acids is 2. The molecule has 2 aromatic heterocycles. The SMILES string of the molecule is CCOC(=O)/C(=C\Nc1cc(C)nn1-c1cccc(OCC)n1)C(=O)c1ccccc1. The number of hydrogen-bond donors (Lipinski definition) is 1. The van der Waals surface area contributed by atoms with Crippen molar-refractivity contribution in [2.24, 2.45) is 0 Å². The van der Waals surface area contributed by atoms with Gasteiger partial charge in [-0.1, -0.05) is 36.4 Å². The number of esters is 1. The molecule has 31 heavy (non-hydrogen) atoms. The highest BCUT2D eigenvalue weighted by atomic mass is 16.5. The van der Waals surface area contributed by atoms with Gasteiger partial charge in [0, 0.05) is 23.9 Å². The first-order chi connectivity index (χ1) is 15.0. The Morgan fingerprint density at radius 3 is 2.55 bits per heavy atom. The van der Waals surface area contributed by atoms with E-state index in [1.807, 2.05) is 19.9 Å². The van der Waals surface area contributed by atoms with Gasteiger partial charge in [-0.05, 0) is 26.8 Å². The van der Waals surface area contributed by atoms with Gasteiger partial charge in [-0.15, -0.1) is 0 Å². The Morgan fingerprint density at radius 2 is 1.84 bits per heavy atom. The van der Waals surface area contributed by atoms with Crippen molar-refractivity contribution in [3.8, 4) is 11.7 Å². The lowest BCUT2D eigenvalue weighted by Crippen LogP contribution is -2.18. The lowest BCUT2D eigenvalue weighted by molar-refractivity contribution is -0.138. The van der Waals surface area contributed by atoms with Gasteiger partial charge < -0.3 is 14.8 Å². The Balaban J connectivity index is 1.95. The topological polar surface area (TPSA) is 95.3 Å². The summed E-state index contributed by atoms with van der Waals surface area (Å²) in [6.45, 7) is 6.05. The van der Waals surface area contributed by atoms with Gasteiger partial charge in [0.05, 0.1) is 18.9 Å². The number of Topliss-reactive ketones (excluding diaryl/α,β-unsaturated/α-hetero) is 1. The van der Waals surface area contributed by atoms with Crippen LogP contribution in [0.25, 0.3) is 5.82 Å². The lowest BCUT2D eigenvalue weighted by atomic mass is 10.0. The molecule has 1 N–H and O–H groups in total. The second kappa shape index (κ2) is 10.2. The molecular formula is C23H24N4O4. The van der Waals surface area contributed by atoms with E-state index in [9.17, 15) is 9.59 Å². The number of rotatable bonds is 9. The number of pyridine rings is 1. The molecule has 0 unspecified atom stereocenters. The quantitative estimate of drug-likeness (QED) is 0.185. The molecule has 2 heterocycles. The molecule has 0 aliphatic heterocycles. The van der Waals surface area contributed by atoms with Crippen molar-refractivity contribution in [3.63, 3.8) is 0 Å². The van der Waals surface area contributed by atoms with Crippen molar-refractivity contribution in [3.05, 3.63) is 77.6 Å². The Labute approximate surface area is 180 Å². The number of ketones is 1. The van der Waals surface area contributed by atoms with Crippen LogP contribution in [0, 0.1) is 6.92 Å². The van der Waals surface area contributed by atoms with Gasteiger partial charge in [0.25, 0.3) is 0 Å². The maximum atomic E-state index is 12.9. The Morgan fingerprint density at radius 1 is 1.06 bits per heavy atom. The van der Waals surface area contributed by atoms with E-state index in [-0.39, 0.29) is 12.2 Å². The van der Waals surface area contributed by atoms with Gasteiger partial charge in [-0.25, -0.2) is 4.79 Å². The summed E-state index contributed by atoms with van der Waals surface area (Å²) in [6, 6.07) is 15.7. The highest BCUT2D eigenvalue weighted by Gasteiger charge is 2.21. The van der Waals surface area contributed by atoms with Gasteiger partial charge in [-0.3, -0.25) is 4.79 Å². The van der Waals surface area contributed by atoms with Crippen LogP contribution in [0.3, 0.4) is 0 Å². The van der Waals surface area contributed by atoms with Crippen molar-refractivity contribution in [1.29, 1.82) is 0 Å². The third-order valence-electron chi connectivity index (χ3n) is 4.19. The number of anilines is 1. The van der Waals surface area contributed by atoms with Crippen LogP contribution in [0.15, 0.2) is 66.4 Å². The maximum absolute atomic E-state index is 12.9. The number of nitrogens with zero attached hydrogens (tertiary/aromatic N) is 3. The first-order valence-electron chi connectivity index (χ1n) is 9.94. The molecule has 3 aromatic rings. The van der Waals surface area contributed by atoms with Crippen LogP contribution in [0.2, 0.25) is 0 Å². The fourth-order valence-corrected chi connectivity index (χ4v) is 2.84. The summed E-state index contributed by atoms with van der Waals surface area (Å²) in [5.41, 5.74) is 1.00. The van der Waals surface area contributed by atoms with Crippen molar-refractivity contribution >= 4 is 17.6 Å². The molecular weight excluding hydrogens is 396 g/mol. The fourth-order valence-electron chi connectivity index (χ4n) is 2.84. The van der Waals surface area contributed by atoms with E-state index >= 15 is 0 Å². The van der Waals surface area contributed by atoms with Gasteiger partial charge in [0.15, 0.2) is 5.82 Å². The summed E-state index contributed by atoms with van der Waals surface area (Å²) < 4.78 is 12.1. The van der Waals surface area contributed by atoms with E-state index in [1.54, 1.807) is 60.1 Å². The molecule has 0 atom stereocenters. The molecule has 1 aromatic carbocycles. The van der Waals surface area contributed by atoms with Crippen LogP contribution < -0.4 is 10.1 Å². The fraction of sp³-hybridized carbons (Fsp3) is 0.217. The predicted molar refractivity (Wildman–Crippen MR) is 116 cm³/mol. The van der Waals surface area contributed by atoms with Gasteiger partial charge in [-0.2, -0.15) is 14.8 Å². The number of aromatic nitrogens is 3. The van der Waals surface area contributed by atoms with Crippen molar-refractivity contribution in [2.45, 2.75) is 20.8 Å². The highest BCUT2D eigenvalue weighted by molar-refractivity contribution is 6.24. The van der Waals surface area contributed by atoms with Crippen LogP contribution >= 0.6 is 0 Å². The molecule has 0 aliphatic carbocycles. The van der Waals surface area contributed by atoms with E-state index in [2.05, 4.69) is 15.4 Å². The van der Waals surface area contributed by atoms with E-state index in [0.29, 0.717) is 29.7 Å². The molecule has 0 aliphatic rings. The van der Waals surface area contributed by atoms with Crippen LogP contribution in [0.4, 0.5) is 5.82 Å². The van der Waals surface area contributed by atoms with E-state index < -0.39 is 11.8 Å². The van der Waals surface area contributed by atoms with Crippen LogP contribution in [0.5, 0.6) is 5.88 Å².